The van der Waals surface area contributed by atoms with Crippen molar-refractivity contribution in [1.29, 1.82) is 0 Å². The second-order valence-corrected chi connectivity index (χ2v) is 12.0. The Labute approximate surface area is 234 Å². The molecule has 40 heavy (non-hydrogen) atoms. The predicted octanol–water partition coefficient (Wildman–Crippen LogP) is 2.52. The van der Waals surface area contributed by atoms with Gasteiger partial charge in [0.15, 0.2) is 0 Å². The summed E-state index contributed by atoms with van der Waals surface area (Å²) in [5.74, 6) is 1.62. The first kappa shape index (κ1) is 25.4. The van der Waals surface area contributed by atoms with Gasteiger partial charge >= 0.3 is 0 Å². The van der Waals surface area contributed by atoms with Gasteiger partial charge in [-0.25, -0.2) is 0 Å². The van der Waals surface area contributed by atoms with Gasteiger partial charge in [-0.3, -0.25) is 24.2 Å². The molecule has 4 aliphatic rings. The Balaban J connectivity index is 1.14. The Bertz CT molecular complexity index is 1480. The molecule has 9 heteroatoms. The number of nitrogens with zero attached hydrogens (tertiary/aromatic N) is 6. The van der Waals surface area contributed by atoms with Crippen molar-refractivity contribution in [3.8, 4) is 11.1 Å². The number of aliphatic imine (C=N–C) groups is 1. The highest BCUT2D eigenvalue weighted by Crippen LogP contribution is 2.38. The monoisotopic (exact) mass is 540 g/mol. The van der Waals surface area contributed by atoms with Crippen LogP contribution in [0.3, 0.4) is 0 Å². The molecule has 7 rings (SSSR count). The number of benzene rings is 2. The SMILES string of the molecule is Cn1ncc2cc(-c3ccc(C4=NC5(CCN(CCO)CC5)C(=O)N4CC4CN(C(=O)C5CC5)C4)cc3)ccc21. The van der Waals surface area contributed by atoms with Crippen molar-refractivity contribution in [3.05, 3.63) is 54.2 Å². The van der Waals surface area contributed by atoms with Crippen molar-refractivity contribution in [1.82, 2.24) is 24.5 Å². The van der Waals surface area contributed by atoms with Gasteiger partial charge in [-0.2, -0.15) is 5.10 Å². The topological polar surface area (TPSA) is 94.3 Å². The van der Waals surface area contributed by atoms with Crippen LogP contribution in [-0.2, 0) is 16.6 Å². The molecule has 9 nitrogen and oxygen atoms in total. The number of fused-ring (bicyclic) bond motifs is 1. The lowest BCUT2D eigenvalue weighted by atomic mass is 9.87. The Morgan fingerprint density at radius 2 is 1.73 bits per heavy atom. The van der Waals surface area contributed by atoms with Crippen LogP contribution in [0.5, 0.6) is 0 Å². The number of aryl methyl sites for hydroxylation is 1. The van der Waals surface area contributed by atoms with Gasteiger partial charge in [0.2, 0.25) is 5.91 Å². The molecule has 4 heterocycles. The highest BCUT2D eigenvalue weighted by molar-refractivity contribution is 6.15. The zero-order valence-electron chi connectivity index (χ0n) is 23.0. The molecule has 2 saturated heterocycles. The second kappa shape index (κ2) is 9.82. The van der Waals surface area contributed by atoms with E-state index in [2.05, 4.69) is 52.5 Å². The maximum Gasteiger partial charge on any atom is 0.256 e. The quantitative estimate of drug-likeness (QED) is 0.497. The molecular formula is C31H36N6O3. The van der Waals surface area contributed by atoms with Crippen LogP contribution < -0.4 is 0 Å². The van der Waals surface area contributed by atoms with Gasteiger partial charge < -0.3 is 14.9 Å². The number of hydrogen-bond acceptors (Lipinski definition) is 6. The zero-order chi connectivity index (χ0) is 27.4. The van der Waals surface area contributed by atoms with E-state index in [0.29, 0.717) is 25.9 Å². The average Bonchev–Trinajstić information content (AvgIpc) is 3.70. The van der Waals surface area contributed by atoms with E-state index in [9.17, 15) is 14.7 Å². The number of likely N-dealkylation sites (tertiary alicyclic amines) is 2. The number of piperidine rings is 1. The number of β-amino-alcohol motifs (C(OH)–C–C–N with tert-alkyl or cyclic N) is 1. The molecule has 1 aliphatic carbocycles. The first-order chi connectivity index (χ1) is 19.4. The molecule has 3 fully saturated rings. The van der Waals surface area contributed by atoms with Crippen LogP contribution in [0.2, 0.25) is 0 Å². The molecule has 0 radical (unpaired) electrons. The molecule has 0 atom stereocenters. The molecule has 0 unspecified atom stereocenters. The highest BCUT2D eigenvalue weighted by atomic mass is 16.3. The predicted molar refractivity (Wildman–Crippen MR) is 153 cm³/mol. The molecule has 1 saturated carbocycles. The van der Waals surface area contributed by atoms with Crippen molar-refractivity contribution in [2.75, 3.05) is 45.9 Å². The fraction of sp³-hybridized carbons (Fsp3) is 0.484. The largest absolute Gasteiger partial charge is 0.395 e. The van der Waals surface area contributed by atoms with E-state index in [-0.39, 0.29) is 30.3 Å². The summed E-state index contributed by atoms with van der Waals surface area (Å²) in [5, 5.41) is 14.8. The number of carbonyl (C=O) groups excluding carboxylic acids is 2. The van der Waals surface area contributed by atoms with Crippen molar-refractivity contribution in [2.45, 2.75) is 31.2 Å². The Kier molecular flexibility index (Phi) is 6.24. The van der Waals surface area contributed by atoms with Gasteiger partial charge in [0, 0.05) is 69.1 Å². The minimum Gasteiger partial charge on any atom is -0.395 e. The molecule has 3 aliphatic heterocycles. The molecule has 1 N–H and O–H groups in total. The Hall–Kier alpha value is -3.56. The average molecular weight is 541 g/mol. The molecular weight excluding hydrogens is 504 g/mol. The first-order valence-corrected chi connectivity index (χ1v) is 14.5. The van der Waals surface area contributed by atoms with E-state index in [1.54, 1.807) is 0 Å². The smallest absolute Gasteiger partial charge is 0.256 e. The summed E-state index contributed by atoms with van der Waals surface area (Å²) >= 11 is 0. The number of carbonyl (C=O) groups is 2. The number of rotatable bonds is 7. The number of amides is 2. The number of aliphatic hydroxyl groups is 1. The summed E-state index contributed by atoms with van der Waals surface area (Å²) in [6.45, 7) is 4.29. The van der Waals surface area contributed by atoms with Crippen molar-refractivity contribution in [3.63, 3.8) is 0 Å². The molecule has 2 aromatic carbocycles. The Morgan fingerprint density at radius 1 is 1.02 bits per heavy atom. The Morgan fingerprint density at radius 3 is 2.42 bits per heavy atom. The van der Waals surface area contributed by atoms with Crippen LogP contribution in [0.1, 0.15) is 31.2 Å². The normalized spacial score (nSPS) is 21.4. The van der Waals surface area contributed by atoms with E-state index in [0.717, 1.165) is 72.4 Å². The first-order valence-electron chi connectivity index (χ1n) is 14.5. The van der Waals surface area contributed by atoms with Crippen molar-refractivity contribution < 1.29 is 14.7 Å². The van der Waals surface area contributed by atoms with Gasteiger partial charge in [-0.05, 0) is 48.9 Å². The summed E-state index contributed by atoms with van der Waals surface area (Å²) in [6, 6.07) is 14.7. The summed E-state index contributed by atoms with van der Waals surface area (Å²) in [6.07, 6.45) is 5.24. The summed E-state index contributed by atoms with van der Waals surface area (Å²) in [5.41, 5.74) is 3.53. The van der Waals surface area contributed by atoms with Crippen LogP contribution in [-0.4, -0.2) is 98.7 Å². The standard InChI is InChI=1S/C31H36N6O3/c1-34-27-9-8-25(16-26(27)17-32-34)22-2-4-23(5-3-22)28-33-31(10-12-35(13-11-31)14-15-38)30(40)37(28)20-21-18-36(19-21)29(39)24-6-7-24/h2-5,8-9,16-17,21,24,38H,6-7,10-15,18-20H2,1H3. The summed E-state index contributed by atoms with van der Waals surface area (Å²) in [4.78, 5) is 37.7. The maximum atomic E-state index is 14.0. The molecule has 208 valence electrons. The number of aromatic nitrogens is 2. The summed E-state index contributed by atoms with van der Waals surface area (Å²) in [7, 11) is 1.95. The fourth-order valence-corrected chi connectivity index (χ4v) is 6.53. The third kappa shape index (κ3) is 4.41. The van der Waals surface area contributed by atoms with Crippen LogP contribution in [0, 0.1) is 11.8 Å². The third-order valence-electron chi connectivity index (χ3n) is 9.18. The van der Waals surface area contributed by atoms with Crippen LogP contribution >= 0.6 is 0 Å². The van der Waals surface area contributed by atoms with Crippen molar-refractivity contribution in [2.24, 2.45) is 23.9 Å². The van der Waals surface area contributed by atoms with Crippen LogP contribution in [0.25, 0.3) is 22.0 Å². The van der Waals surface area contributed by atoms with E-state index >= 15 is 0 Å². The molecule has 1 aromatic heterocycles. The highest BCUT2D eigenvalue weighted by Gasteiger charge is 2.51. The minimum atomic E-state index is -0.738. The van der Waals surface area contributed by atoms with Crippen LogP contribution in [0.15, 0.2) is 53.7 Å². The van der Waals surface area contributed by atoms with Gasteiger partial charge in [0.1, 0.15) is 11.4 Å². The second-order valence-electron chi connectivity index (χ2n) is 12.0. The third-order valence-corrected chi connectivity index (χ3v) is 9.18. The number of aliphatic hydroxyl groups excluding tert-OH is 1. The van der Waals surface area contributed by atoms with E-state index in [1.807, 2.05) is 27.7 Å². The van der Waals surface area contributed by atoms with Gasteiger partial charge in [-0.15, -0.1) is 0 Å². The number of amidine groups is 1. The van der Waals surface area contributed by atoms with Gasteiger partial charge in [-0.1, -0.05) is 30.3 Å². The minimum absolute atomic E-state index is 0.0872. The van der Waals surface area contributed by atoms with E-state index in [1.165, 1.54) is 0 Å². The molecule has 1 spiro atoms. The maximum absolute atomic E-state index is 14.0. The molecule has 0 bridgehead atoms. The van der Waals surface area contributed by atoms with Crippen molar-refractivity contribution >= 4 is 28.6 Å². The van der Waals surface area contributed by atoms with Gasteiger partial charge in [0.05, 0.1) is 18.3 Å². The van der Waals surface area contributed by atoms with Crippen LogP contribution in [0.4, 0.5) is 0 Å². The lowest BCUT2D eigenvalue weighted by Gasteiger charge is -2.42. The lowest BCUT2D eigenvalue weighted by molar-refractivity contribution is -0.140. The number of hydrogen-bond donors (Lipinski definition) is 1. The lowest BCUT2D eigenvalue weighted by Crippen LogP contribution is -2.57. The fourth-order valence-electron chi connectivity index (χ4n) is 6.53. The van der Waals surface area contributed by atoms with E-state index in [4.69, 9.17) is 4.99 Å². The van der Waals surface area contributed by atoms with E-state index < -0.39 is 5.54 Å². The summed E-state index contributed by atoms with van der Waals surface area (Å²) < 4.78 is 1.87. The molecule has 3 aromatic rings. The van der Waals surface area contributed by atoms with Gasteiger partial charge in [0.25, 0.3) is 5.91 Å². The molecule has 2 amide bonds. The zero-order valence-corrected chi connectivity index (χ0v) is 23.0.